The minimum atomic E-state index is -3.56. The summed E-state index contributed by atoms with van der Waals surface area (Å²) in [5.74, 6) is 0.611. The summed E-state index contributed by atoms with van der Waals surface area (Å²) in [6.45, 7) is 9.38. The zero-order chi connectivity index (χ0) is 22.3. The van der Waals surface area contributed by atoms with Crippen molar-refractivity contribution in [3.63, 3.8) is 0 Å². The SMILES string of the molecule is CCN(CC)CCCNc1oc(-c2ccc(S(=O)(=O)N3CCOCC3)cc2)nc1C#N. The van der Waals surface area contributed by atoms with E-state index < -0.39 is 10.0 Å². The van der Waals surface area contributed by atoms with Crippen LogP contribution in [0.2, 0.25) is 0 Å². The second-order valence-corrected chi connectivity index (χ2v) is 9.09. The molecule has 0 bridgehead atoms. The molecule has 10 heteroatoms. The average molecular weight is 448 g/mol. The number of benzene rings is 1. The average Bonchev–Trinajstić information content (AvgIpc) is 3.23. The van der Waals surface area contributed by atoms with Gasteiger partial charge in [0, 0.05) is 25.2 Å². The second-order valence-electron chi connectivity index (χ2n) is 7.16. The number of sulfonamides is 1. The Morgan fingerprint density at radius 2 is 1.87 bits per heavy atom. The zero-order valence-electron chi connectivity index (χ0n) is 18.0. The fraction of sp³-hybridized carbons (Fsp3) is 0.524. The molecule has 0 unspecified atom stereocenters. The standard InChI is InChI=1S/C21H29N5O4S/c1-3-25(4-2)11-5-10-23-21-19(16-22)24-20(30-21)17-6-8-18(9-7-17)31(27,28)26-12-14-29-15-13-26/h6-9,23H,3-5,10-15H2,1-2H3. The van der Waals surface area contributed by atoms with Gasteiger partial charge in [-0.05, 0) is 50.3 Å². The van der Waals surface area contributed by atoms with Crippen LogP contribution in [-0.2, 0) is 14.8 Å². The van der Waals surface area contributed by atoms with Crippen LogP contribution in [0.1, 0.15) is 26.0 Å². The predicted molar refractivity (Wildman–Crippen MR) is 117 cm³/mol. The quantitative estimate of drug-likeness (QED) is 0.553. The Bertz CT molecular complexity index is 988. The first-order valence-electron chi connectivity index (χ1n) is 10.5. The van der Waals surface area contributed by atoms with Crippen LogP contribution in [-0.4, -0.2) is 75.1 Å². The molecule has 1 fully saturated rings. The topological polar surface area (TPSA) is 112 Å². The smallest absolute Gasteiger partial charge is 0.243 e. The molecule has 0 amide bonds. The molecule has 0 saturated carbocycles. The van der Waals surface area contributed by atoms with E-state index in [1.165, 1.54) is 16.4 Å². The summed E-state index contributed by atoms with van der Waals surface area (Å²) in [4.78, 5) is 6.78. The van der Waals surface area contributed by atoms with E-state index in [1.54, 1.807) is 12.1 Å². The summed E-state index contributed by atoms with van der Waals surface area (Å²) in [6.07, 6.45) is 0.913. The molecule has 1 saturated heterocycles. The van der Waals surface area contributed by atoms with Crippen LogP contribution < -0.4 is 5.32 Å². The third kappa shape index (κ3) is 5.62. The van der Waals surface area contributed by atoms with Crippen molar-refractivity contribution in [2.24, 2.45) is 0 Å². The van der Waals surface area contributed by atoms with E-state index in [1.807, 2.05) is 6.07 Å². The van der Waals surface area contributed by atoms with Gasteiger partial charge in [0.15, 0.2) is 0 Å². The summed E-state index contributed by atoms with van der Waals surface area (Å²) in [5.41, 5.74) is 0.788. The van der Waals surface area contributed by atoms with Crippen LogP contribution >= 0.6 is 0 Å². The molecule has 1 aliphatic rings. The minimum absolute atomic E-state index is 0.183. The predicted octanol–water partition coefficient (Wildman–Crippen LogP) is 2.38. The third-order valence-corrected chi connectivity index (χ3v) is 7.19. The fourth-order valence-corrected chi connectivity index (χ4v) is 4.80. The lowest BCUT2D eigenvalue weighted by Crippen LogP contribution is -2.40. The molecule has 0 aliphatic carbocycles. The van der Waals surface area contributed by atoms with Crippen LogP contribution in [0.15, 0.2) is 33.6 Å². The molecule has 168 valence electrons. The molecule has 1 aromatic heterocycles. The largest absolute Gasteiger partial charge is 0.419 e. The number of ether oxygens (including phenoxy) is 1. The van der Waals surface area contributed by atoms with Gasteiger partial charge in [0.1, 0.15) is 6.07 Å². The number of rotatable bonds is 10. The van der Waals surface area contributed by atoms with Gasteiger partial charge in [-0.25, -0.2) is 8.42 Å². The summed E-state index contributed by atoms with van der Waals surface area (Å²) in [7, 11) is -3.56. The Balaban J connectivity index is 1.68. The molecule has 0 radical (unpaired) electrons. The first-order valence-corrected chi connectivity index (χ1v) is 12.0. The monoisotopic (exact) mass is 447 g/mol. The number of nitriles is 1. The maximum absolute atomic E-state index is 12.8. The number of aromatic nitrogens is 1. The molecule has 1 N–H and O–H groups in total. The highest BCUT2D eigenvalue weighted by Gasteiger charge is 2.26. The van der Waals surface area contributed by atoms with Crippen molar-refractivity contribution in [3.05, 3.63) is 30.0 Å². The molecule has 31 heavy (non-hydrogen) atoms. The molecular formula is C21H29N5O4S. The van der Waals surface area contributed by atoms with Crippen LogP contribution in [0.3, 0.4) is 0 Å². The minimum Gasteiger partial charge on any atom is -0.419 e. The molecule has 1 aliphatic heterocycles. The van der Waals surface area contributed by atoms with Crippen LogP contribution in [0.25, 0.3) is 11.5 Å². The van der Waals surface area contributed by atoms with E-state index in [9.17, 15) is 13.7 Å². The van der Waals surface area contributed by atoms with E-state index in [0.29, 0.717) is 44.3 Å². The molecule has 0 atom stereocenters. The van der Waals surface area contributed by atoms with Gasteiger partial charge >= 0.3 is 0 Å². The Morgan fingerprint density at radius 1 is 1.19 bits per heavy atom. The van der Waals surface area contributed by atoms with Crippen molar-refractivity contribution in [1.29, 1.82) is 5.26 Å². The molecule has 2 heterocycles. The zero-order valence-corrected chi connectivity index (χ0v) is 18.8. The highest BCUT2D eigenvalue weighted by molar-refractivity contribution is 7.89. The number of anilines is 1. The highest BCUT2D eigenvalue weighted by atomic mass is 32.2. The van der Waals surface area contributed by atoms with Gasteiger partial charge in [0.2, 0.25) is 27.5 Å². The molecular weight excluding hydrogens is 418 g/mol. The van der Waals surface area contributed by atoms with Gasteiger partial charge in [0.05, 0.1) is 18.1 Å². The maximum Gasteiger partial charge on any atom is 0.243 e. The van der Waals surface area contributed by atoms with Gasteiger partial charge in [-0.15, -0.1) is 0 Å². The lowest BCUT2D eigenvalue weighted by atomic mass is 10.2. The number of oxazole rings is 1. The van der Waals surface area contributed by atoms with Gasteiger partial charge in [0.25, 0.3) is 0 Å². The van der Waals surface area contributed by atoms with E-state index in [4.69, 9.17) is 9.15 Å². The van der Waals surface area contributed by atoms with E-state index in [2.05, 4.69) is 29.0 Å². The van der Waals surface area contributed by atoms with Crippen molar-refractivity contribution in [1.82, 2.24) is 14.2 Å². The number of nitrogens with zero attached hydrogens (tertiary/aromatic N) is 4. The van der Waals surface area contributed by atoms with E-state index in [0.717, 1.165) is 26.1 Å². The summed E-state index contributed by atoms with van der Waals surface area (Å²) < 4.78 is 37.9. The summed E-state index contributed by atoms with van der Waals surface area (Å²) in [6, 6.07) is 8.40. The molecule has 9 nitrogen and oxygen atoms in total. The van der Waals surface area contributed by atoms with Crippen molar-refractivity contribution in [2.45, 2.75) is 25.2 Å². The number of hydrogen-bond acceptors (Lipinski definition) is 8. The first-order chi connectivity index (χ1) is 15.0. The normalized spacial score (nSPS) is 15.2. The lowest BCUT2D eigenvalue weighted by molar-refractivity contribution is 0.0730. The van der Waals surface area contributed by atoms with Crippen molar-refractivity contribution < 1.29 is 17.6 Å². The van der Waals surface area contributed by atoms with Gasteiger partial charge in [-0.1, -0.05) is 13.8 Å². The van der Waals surface area contributed by atoms with Crippen LogP contribution in [0.4, 0.5) is 5.88 Å². The van der Waals surface area contributed by atoms with Gasteiger partial charge in [-0.2, -0.15) is 14.6 Å². The molecule has 0 spiro atoms. The van der Waals surface area contributed by atoms with E-state index >= 15 is 0 Å². The van der Waals surface area contributed by atoms with Crippen LogP contribution in [0.5, 0.6) is 0 Å². The molecule has 1 aromatic carbocycles. The Labute approximate surface area is 183 Å². The summed E-state index contributed by atoms with van der Waals surface area (Å²) in [5, 5.41) is 12.5. The number of nitrogens with one attached hydrogen (secondary N) is 1. The van der Waals surface area contributed by atoms with Crippen LogP contribution in [0, 0.1) is 11.3 Å². The number of hydrogen-bond donors (Lipinski definition) is 1. The highest BCUT2D eigenvalue weighted by Crippen LogP contribution is 2.27. The van der Waals surface area contributed by atoms with Crippen molar-refractivity contribution in [2.75, 3.05) is 57.8 Å². The van der Waals surface area contributed by atoms with Gasteiger partial charge in [-0.3, -0.25) is 0 Å². The Hall–Kier alpha value is -2.45. The summed E-state index contributed by atoms with van der Waals surface area (Å²) >= 11 is 0. The fourth-order valence-electron chi connectivity index (χ4n) is 3.39. The Morgan fingerprint density at radius 3 is 2.48 bits per heavy atom. The maximum atomic E-state index is 12.8. The molecule has 2 aromatic rings. The second kappa shape index (κ2) is 10.7. The van der Waals surface area contributed by atoms with E-state index in [-0.39, 0.29) is 16.5 Å². The van der Waals surface area contributed by atoms with Crippen molar-refractivity contribution in [3.8, 4) is 17.5 Å². The number of morpholine rings is 1. The Kier molecular flexibility index (Phi) is 8.03. The third-order valence-electron chi connectivity index (χ3n) is 5.27. The van der Waals surface area contributed by atoms with Gasteiger partial charge < -0.3 is 19.4 Å². The lowest BCUT2D eigenvalue weighted by Gasteiger charge is -2.26. The first kappa shape index (κ1) is 23.2. The van der Waals surface area contributed by atoms with Crippen molar-refractivity contribution >= 4 is 15.9 Å². The molecule has 3 rings (SSSR count).